The number of rotatable bonds is 6. The Hall–Kier alpha value is -0.900. The van der Waals surface area contributed by atoms with Crippen molar-refractivity contribution in [3.63, 3.8) is 0 Å². The zero-order valence-electron chi connectivity index (χ0n) is 9.98. The molecule has 0 fully saturated rings. The molecule has 0 spiro atoms. The summed E-state index contributed by atoms with van der Waals surface area (Å²) in [6, 6.07) is 0.284. The van der Waals surface area contributed by atoms with Crippen molar-refractivity contribution in [1.82, 2.24) is 14.8 Å². The van der Waals surface area contributed by atoms with Crippen molar-refractivity contribution >= 4 is 0 Å². The SMILES string of the molecule is CC(C)Cn1ncnc1CCCC(C)N. The van der Waals surface area contributed by atoms with Crippen LogP contribution >= 0.6 is 0 Å². The minimum Gasteiger partial charge on any atom is -0.328 e. The van der Waals surface area contributed by atoms with Gasteiger partial charge in [-0.2, -0.15) is 5.10 Å². The summed E-state index contributed by atoms with van der Waals surface area (Å²) in [6.07, 6.45) is 4.76. The number of aryl methyl sites for hydroxylation is 1. The molecule has 0 radical (unpaired) electrons. The van der Waals surface area contributed by atoms with Crippen LogP contribution in [0.1, 0.15) is 39.4 Å². The van der Waals surface area contributed by atoms with Gasteiger partial charge < -0.3 is 5.73 Å². The van der Waals surface area contributed by atoms with E-state index in [0.717, 1.165) is 31.6 Å². The molecule has 2 N–H and O–H groups in total. The molecule has 1 aromatic rings. The molecule has 0 amide bonds. The topological polar surface area (TPSA) is 56.7 Å². The summed E-state index contributed by atoms with van der Waals surface area (Å²) in [5, 5.41) is 4.23. The molecule has 0 aliphatic rings. The second-order valence-electron chi connectivity index (χ2n) is 4.62. The van der Waals surface area contributed by atoms with Crippen LogP contribution in [-0.2, 0) is 13.0 Å². The molecule has 1 heterocycles. The van der Waals surface area contributed by atoms with Crippen LogP contribution in [0.25, 0.3) is 0 Å². The van der Waals surface area contributed by atoms with E-state index >= 15 is 0 Å². The predicted octanol–water partition coefficient (Wildman–Crippen LogP) is 1.60. The first-order chi connectivity index (χ1) is 7.09. The van der Waals surface area contributed by atoms with E-state index in [2.05, 4.69) is 23.9 Å². The fourth-order valence-electron chi connectivity index (χ4n) is 1.56. The van der Waals surface area contributed by atoms with E-state index in [0.29, 0.717) is 5.92 Å². The Bertz CT molecular complexity index is 278. The molecule has 86 valence electrons. The average Bonchev–Trinajstić information content (AvgIpc) is 2.51. The number of aromatic nitrogens is 3. The average molecular weight is 210 g/mol. The summed E-state index contributed by atoms with van der Waals surface area (Å²) >= 11 is 0. The van der Waals surface area contributed by atoms with Gasteiger partial charge in [-0.25, -0.2) is 9.67 Å². The van der Waals surface area contributed by atoms with Gasteiger partial charge in [0.05, 0.1) is 0 Å². The van der Waals surface area contributed by atoms with Crippen molar-refractivity contribution in [2.75, 3.05) is 0 Å². The summed E-state index contributed by atoms with van der Waals surface area (Å²) < 4.78 is 2.01. The van der Waals surface area contributed by atoms with Crippen LogP contribution in [0.15, 0.2) is 6.33 Å². The minimum absolute atomic E-state index is 0.284. The Morgan fingerprint density at radius 3 is 2.73 bits per heavy atom. The van der Waals surface area contributed by atoms with E-state index in [1.807, 2.05) is 11.6 Å². The van der Waals surface area contributed by atoms with Crippen LogP contribution in [0, 0.1) is 5.92 Å². The van der Waals surface area contributed by atoms with Crippen LogP contribution in [0.5, 0.6) is 0 Å². The van der Waals surface area contributed by atoms with Gasteiger partial charge in [0.25, 0.3) is 0 Å². The van der Waals surface area contributed by atoms with Crippen LogP contribution in [0.3, 0.4) is 0 Å². The maximum atomic E-state index is 5.71. The molecule has 4 heteroatoms. The van der Waals surface area contributed by atoms with Crippen LogP contribution in [-0.4, -0.2) is 20.8 Å². The smallest absolute Gasteiger partial charge is 0.138 e. The molecule has 15 heavy (non-hydrogen) atoms. The number of hydrogen-bond donors (Lipinski definition) is 1. The molecule has 0 bridgehead atoms. The molecular weight excluding hydrogens is 188 g/mol. The van der Waals surface area contributed by atoms with E-state index in [9.17, 15) is 0 Å². The highest BCUT2D eigenvalue weighted by molar-refractivity contribution is 4.85. The van der Waals surface area contributed by atoms with Gasteiger partial charge in [-0.05, 0) is 25.7 Å². The highest BCUT2D eigenvalue weighted by Crippen LogP contribution is 2.05. The van der Waals surface area contributed by atoms with Gasteiger partial charge in [-0.1, -0.05) is 13.8 Å². The molecule has 0 saturated heterocycles. The summed E-state index contributed by atoms with van der Waals surface area (Å²) in [5.41, 5.74) is 5.71. The molecular formula is C11H22N4. The van der Waals surface area contributed by atoms with Gasteiger partial charge in [-0.15, -0.1) is 0 Å². The molecule has 0 saturated carbocycles. The molecule has 1 rings (SSSR count). The quantitative estimate of drug-likeness (QED) is 0.776. The monoisotopic (exact) mass is 210 g/mol. The van der Waals surface area contributed by atoms with Crippen molar-refractivity contribution in [3.8, 4) is 0 Å². The number of hydrogen-bond acceptors (Lipinski definition) is 3. The Morgan fingerprint density at radius 1 is 1.40 bits per heavy atom. The predicted molar refractivity (Wildman–Crippen MR) is 61.4 cm³/mol. The molecule has 0 aliphatic heterocycles. The zero-order chi connectivity index (χ0) is 11.3. The molecule has 4 nitrogen and oxygen atoms in total. The largest absolute Gasteiger partial charge is 0.328 e. The van der Waals surface area contributed by atoms with Gasteiger partial charge in [-0.3, -0.25) is 0 Å². The Kier molecular flexibility index (Phi) is 4.75. The van der Waals surface area contributed by atoms with E-state index in [-0.39, 0.29) is 6.04 Å². The second kappa shape index (κ2) is 5.85. The standard InChI is InChI=1S/C11H22N4/c1-9(2)7-15-11(13-8-14-15)6-4-5-10(3)12/h8-10H,4-7,12H2,1-3H3. The molecule has 0 aliphatic carbocycles. The molecule has 0 aromatic carbocycles. The third kappa shape index (κ3) is 4.42. The van der Waals surface area contributed by atoms with Crippen molar-refractivity contribution in [2.45, 2.75) is 52.6 Å². The van der Waals surface area contributed by atoms with E-state index in [1.54, 1.807) is 6.33 Å². The maximum Gasteiger partial charge on any atom is 0.138 e. The third-order valence-electron chi connectivity index (χ3n) is 2.29. The lowest BCUT2D eigenvalue weighted by atomic mass is 10.1. The maximum absolute atomic E-state index is 5.71. The normalized spacial score (nSPS) is 13.4. The lowest BCUT2D eigenvalue weighted by Crippen LogP contribution is -2.15. The first-order valence-corrected chi connectivity index (χ1v) is 5.72. The van der Waals surface area contributed by atoms with Gasteiger partial charge in [0.1, 0.15) is 12.2 Å². The lowest BCUT2D eigenvalue weighted by Gasteiger charge is -2.09. The summed E-state index contributed by atoms with van der Waals surface area (Å²) in [5.74, 6) is 1.70. The lowest BCUT2D eigenvalue weighted by molar-refractivity contribution is 0.460. The highest BCUT2D eigenvalue weighted by atomic mass is 15.3. The van der Waals surface area contributed by atoms with Crippen LogP contribution in [0.2, 0.25) is 0 Å². The Labute approximate surface area is 91.9 Å². The Balaban J connectivity index is 2.43. The first kappa shape index (κ1) is 12.2. The van der Waals surface area contributed by atoms with Gasteiger partial charge in [0.2, 0.25) is 0 Å². The number of nitrogens with two attached hydrogens (primary N) is 1. The minimum atomic E-state index is 0.284. The van der Waals surface area contributed by atoms with Crippen molar-refractivity contribution in [1.29, 1.82) is 0 Å². The highest BCUT2D eigenvalue weighted by Gasteiger charge is 2.06. The molecule has 1 aromatic heterocycles. The van der Waals surface area contributed by atoms with Gasteiger partial charge >= 0.3 is 0 Å². The van der Waals surface area contributed by atoms with Crippen LogP contribution in [0.4, 0.5) is 0 Å². The summed E-state index contributed by atoms with van der Waals surface area (Å²) in [7, 11) is 0. The van der Waals surface area contributed by atoms with Crippen molar-refractivity contribution < 1.29 is 0 Å². The number of nitrogens with zero attached hydrogens (tertiary/aromatic N) is 3. The molecule has 1 unspecified atom stereocenters. The Morgan fingerprint density at radius 2 is 2.13 bits per heavy atom. The van der Waals surface area contributed by atoms with E-state index in [1.165, 1.54) is 0 Å². The molecule has 1 atom stereocenters. The van der Waals surface area contributed by atoms with E-state index in [4.69, 9.17) is 5.73 Å². The van der Waals surface area contributed by atoms with Crippen molar-refractivity contribution in [2.24, 2.45) is 11.7 Å². The fraction of sp³-hybridized carbons (Fsp3) is 0.818. The van der Waals surface area contributed by atoms with Gasteiger partial charge in [0.15, 0.2) is 0 Å². The summed E-state index contributed by atoms with van der Waals surface area (Å²) in [6.45, 7) is 7.37. The first-order valence-electron chi connectivity index (χ1n) is 5.72. The zero-order valence-corrected chi connectivity index (χ0v) is 9.98. The van der Waals surface area contributed by atoms with Gasteiger partial charge in [0, 0.05) is 19.0 Å². The fourth-order valence-corrected chi connectivity index (χ4v) is 1.56. The van der Waals surface area contributed by atoms with Crippen molar-refractivity contribution in [3.05, 3.63) is 12.2 Å². The van der Waals surface area contributed by atoms with Crippen LogP contribution < -0.4 is 5.73 Å². The van der Waals surface area contributed by atoms with E-state index < -0.39 is 0 Å². The summed E-state index contributed by atoms with van der Waals surface area (Å²) in [4.78, 5) is 4.28. The second-order valence-corrected chi connectivity index (χ2v) is 4.62. The third-order valence-corrected chi connectivity index (χ3v) is 2.29.